The molecule has 3 aliphatic heterocycles. The van der Waals surface area contributed by atoms with Gasteiger partial charge in [-0.15, -0.1) is 0 Å². The van der Waals surface area contributed by atoms with E-state index in [0.29, 0.717) is 13.2 Å². The van der Waals surface area contributed by atoms with Crippen LogP contribution in [0.1, 0.15) is 78.9 Å². The highest BCUT2D eigenvalue weighted by Crippen LogP contribution is 2.51. The van der Waals surface area contributed by atoms with E-state index in [1.165, 1.54) is 0 Å². The van der Waals surface area contributed by atoms with Gasteiger partial charge in [0.2, 0.25) is 0 Å². The van der Waals surface area contributed by atoms with Gasteiger partial charge in [-0.3, -0.25) is 4.84 Å². The third-order valence-corrected chi connectivity index (χ3v) is 7.05. The van der Waals surface area contributed by atoms with E-state index in [9.17, 15) is 0 Å². The van der Waals surface area contributed by atoms with Crippen molar-refractivity contribution in [2.24, 2.45) is 0 Å². The van der Waals surface area contributed by atoms with Gasteiger partial charge in [-0.25, -0.2) is 0 Å². The van der Waals surface area contributed by atoms with Crippen LogP contribution in [-0.4, -0.2) is 54.0 Å². The molecule has 0 bridgehead atoms. The summed E-state index contributed by atoms with van der Waals surface area (Å²) in [6.07, 6.45) is 3.88. The molecule has 6 heteroatoms. The van der Waals surface area contributed by atoms with Gasteiger partial charge in [-0.05, 0) is 58.2 Å². The number of hydroxylamine groups is 2. The first-order valence-corrected chi connectivity index (χ1v) is 11.8. The summed E-state index contributed by atoms with van der Waals surface area (Å²) in [5, 5.41) is 2.26. The van der Waals surface area contributed by atoms with Crippen molar-refractivity contribution in [1.82, 2.24) is 5.06 Å². The van der Waals surface area contributed by atoms with Crippen molar-refractivity contribution in [3.05, 3.63) is 29.8 Å². The minimum atomic E-state index is -0.512. The van der Waals surface area contributed by atoms with Crippen LogP contribution in [0, 0.1) is 0 Å². The van der Waals surface area contributed by atoms with Gasteiger partial charge in [-0.2, -0.15) is 5.06 Å². The van der Waals surface area contributed by atoms with Crippen molar-refractivity contribution in [3.63, 3.8) is 0 Å². The van der Waals surface area contributed by atoms with Gasteiger partial charge >= 0.3 is 0 Å². The molecule has 0 saturated carbocycles. The molecule has 4 atom stereocenters. The van der Waals surface area contributed by atoms with E-state index in [-0.39, 0.29) is 29.4 Å². The molecular formula is C25H39NO5. The molecule has 1 aromatic rings. The predicted molar refractivity (Wildman–Crippen MR) is 119 cm³/mol. The second-order valence-electron chi connectivity index (χ2n) is 10.1. The van der Waals surface area contributed by atoms with Crippen molar-refractivity contribution in [2.75, 3.05) is 19.8 Å². The lowest BCUT2D eigenvalue weighted by Crippen LogP contribution is -2.67. The van der Waals surface area contributed by atoms with Crippen LogP contribution in [0.3, 0.4) is 0 Å². The van der Waals surface area contributed by atoms with E-state index in [2.05, 4.69) is 58.7 Å². The van der Waals surface area contributed by atoms with Crippen LogP contribution in [0.4, 0.5) is 0 Å². The first-order chi connectivity index (χ1) is 14.7. The Balaban J connectivity index is 1.49. The van der Waals surface area contributed by atoms with E-state index in [0.717, 1.165) is 43.6 Å². The van der Waals surface area contributed by atoms with Gasteiger partial charge < -0.3 is 18.9 Å². The van der Waals surface area contributed by atoms with E-state index in [1.54, 1.807) is 0 Å². The molecule has 0 radical (unpaired) electrons. The molecular weight excluding hydrogens is 394 g/mol. The lowest BCUT2D eigenvalue weighted by molar-refractivity contribution is -0.359. The highest BCUT2D eigenvalue weighted by molar-refractivity contribution is 5.28. The number of hydrogen-bond acceptors (Lipinski definition) is 6. The molecule has 3 fully saturated rings. The Bertz CT molecular complexity index is 743. The van der Waals surface area contributed by atoms with Crippen LogP contribution in [0.2, 0.25) is 0 Å². The van der Waals surface area contributed by atoms with Crippen LogP contribution in [-0.2, 0) is 19.0 Å². The molecule has 4 rings (SSSR count). The Hall–Kier alpha value is -1.18. The van der Waals surface area contributed by atoms with Gasteiger partial charge in [-0.1, -0.05) is 26.0 Å². The maximum absolute atomic E-state index is 6.73. The highest BCUT2D eigenvalue weighted by Gasteiger charge is 2.59. The van der Waals surface area contributed by atoms with Crippen LogP contribution in [0.5, 0.6) is 5.75 Å². The second kappa shape index (κ2) is 8.64. The topological polar surface area (TPSA) is 52.7 Å². The molecule has 1 spiro atoms. The number of nitrogens with zero attached hydrogens (tertiary/aromatic N) is 1. The molecule has 0 N–H and O–H groups in total. The Morgan fingerprint density at radius 1 is 1.10 bits per heavy atom. The molecule has 3 saturated heterocycles. The first kappa shape index (κ1) is 23.0. The molecule has 3 heterocycles. The number of ether oxygens (including phenoxy) is 4. The number of piperidine rings is 1. The van der Waals surface area contributed by atoms with E-state index in [4.69, 9.17) is 23.8 Å². The van der Waals surface area contributed by atoms with Crippen molar-refractivity contribution in [1.29, 1.82) is 0 Å². The molecule has 0 aromatic heterocycles. The Labute approximate surface area is 187 Å². The molecule has 4 unspecified atom stereocenters. The van der Waals surface area contributed by atoms with Gasteiger partial charge in [0.1, 0.15) is 24.6 Å². The summed E-state index contributed by atoms with van der Waals surface area (Å²) in [5.74, 6) is 0.357. The standard InChI is InChI=1S/C25H39NO5/c1-7-24(8-2)17-25(29-13-18(3)30-25)16-23(5,6)26(24)31-19(4)20-9-11-21(12-10-20)27-14-22-15-28-22/h9-12,18-19,22H,7-8,13-17H2,1-6H3. The maximum atomic E-state index is 6.73. The molecule has 31 heavy (non-hydrogen) atoms. The summed E-state index contributed by atoms with van der Waals surface area (Å²) in [7, 11) is 0. The quantitative estimate of drug-likeness (QED) is 0.537. The van der Waals surface area contributed by atoms with E-state index >= 15 is 0 Å². The fraction of sp³-hybridized carbons (Fsp3) is 0.760. The average Bonchev–Trinajstić information content (AvgIpc) is 3.51. The van der Waals surface area contributed by atoms with Crippen molar-refractivity contribution in [3.8, 4) is 5.75 Å². The molecule has 6 nitrogen and oxygen atoms in total. The fourth-order valence-corrected chi connectivity index (χ4v) is 5.35. The Kier molecular flexibility index (Phi) is 6.41. The summed E-state index contributed by atoms with van der Waals surface area (Å²) in [6.45, 7) is 15.3. The molecule has 3 aliphatic rings. The minimum Gasteiger partial charge on any atom is -0.491 e. The summed E-state index contributed by atoms with van der Waals surface area (Å²) >= 11 is 0. The van der Waals surface area contributed by atoms with Crippen molar-refractivity contribution < 1.29 is 23.8 Å². The Morgan fingerprint density at radius 2 is 1.77 bits per heavy atom. The van der Waals surface area contributed by atoms with E-state index < -0.39 is 5.79 Å². The van der Waals surface area contributed by atoms with Gasteiger partial charge in [0.15, 0.2) is 5.79 Å². The smallest absolute Gasteiger partial charge is 0.172 e. The largest absolute Gasteiger partial charge is 0.491 e. The zero-order valence-electron chi connectivity index (χ0n) is 20.0. The SMILES string of the molecule is CCC1(CC)CC2(CC(C)(C)N1OC(C)c1ccc(OCC3CO3)cc1)OCC(C)O2. The summed E-state index contributed by atoms with van der Waals surface area (Å²) in [6, 6.07) is 8.22. The molecule has 1 aromatic carbocycles. The van der Waals surface area contributed by atoms with Crippen molar-refractivity contribution in [2.45, 2.75) is 102 Å². The van der Waals surface area contributed by atoms with Crippen LogP contribution in [0.25, 0.3) is 0 Å². The van der Waals surface area contributed by atoms with Crippen LogP contribution >= 0.6 is 0 Å². The Morgan fingerprint density at radius 3 is 2.32 bits per heavy atom. The third kappa shape index (κ3) is 4.79. The minimum absolute atomic E-state index is 0.0732. The summed E-state index contributed by atoms with van der Waals surface area (Å²) in [5.41, 5.74) is 0.762. The lowest BCUT2D eigenvalue weighted by atomic mass is 9.73. The summed E-state index contributed by atoms with van der Waals surface area (Å²) in [4.78, 5) is 6.73. The first-order valence-electron chi connectivity index (χ1n) is 11.8. The van der Waals surface area contributed by atoms with Crippen molar-refractivity contribution >= 4 is 0 Å². The summed E-state index contributed by atoms with van der Waals surface area (Å²) < 4.78 is 23.6. The second-order valence-corrected chi connectivity index (χ2v) is 10.1. The monoisotopic (exact) mass is 433 g/mol. The number of rotatable bonds is 8. The highest BCUT2D eigenvalue weighted by atomic mass is 16.7. The molecule has 174 valence electrons. The van der Waals surface area contributed by atoms with Crippen LogP contribution in [0.15, 0.2) is 24.3 Å². The van der Waals surface area contributed by atoms with Gasteiger partial charge in [0, 0.05) is 18.4 Å². The molecule has 0 amide bonds. The lowest BCUT2D eigenvalue weighted by Gasteiger charge is -2.59. The molecule has 0 aliphatic carbocycles. The zero-order valence-corrected chi connectivity index (χ0v) is 20.0. The number of benzene rings is 1. The van der Waals surface area contributed by atoms with E-state index in [1.807, 2.05) is 12.1 Å². The maximum Gasteiger partial charge on any atom is 0.172 e. The zero-order chi connectivity index (χ0) is 22.3. The number of epoxide rings is 1. The van der Waals surface area contributed by atoms with Gasteiger partial charge in [0.25, 0.3) is 0 Å². The predicted octanol–water partition coefficient (Wildman–Crippen LogP) is 5.02. The normalized spacial score (nSPS) is 32.8. The van der Waals surface area contributed by atoms with Gasteiger partial charge in [0.05, 0.1) is 24.9 Å². The third-order valence-electron chi connectivity index (χ3n) is 7.05. The van der Waals surface area contributed by atoms with Crippen LogP contribution < -0.4 is 4.74 Å². The number of hydrogen-bond donors (Lipinski definition) is 0. The fourth-order valence-electron chi connectivity index (χ4n) is 5.35. The average molecular weight is 434 g/mol.